The maximum Gasteiger partial charge on any atom is 0.121 e. The molecule has 0 bridgehead atoms. The van der Waals surface area contributed by atoms with E-state index < -0.39 is 0 Å². The summed E-state index contributed by atoms with van der Waals surface area (Å²) in [5, 5.41) is 10.1. The fourth-order valence-corrected chi connectivity index (χ4v) is 1.66. The largest absolute Gasteiger partial charge is 0.490 e. The first-order valence-corrected chi connectivity index (χ1v) is 5.20. The van der Waals surface area contributed by atoms with Crippen molar-refractivity contribution in [2.75, 3.05) is 0 Å². The van der Waals surface area contributed by atoms with E-state index in [1.54, 1.807) is 18.2 Å². The Kier molecular flexibility index (Phi) is 2.86. The number of benzene rings is 1. The van der Waals surface area contributed by atoms with Crippen molar-refractivity contribution in [2.24, 2.45) is 0 Å². The Bertz CT molecular complexity index is 335. The Hall–Kier alpha value is -0.440. The number of halogens is 2. The third-order valence-electron chi connectivity index (χ3n) is 2.26. The van der Waals surface area contributed by atoms with Crippen molar-refractivity contribution < 1.29 is 9.84 Å². The van der Waals surface area contributed by atoms with E-state index in [9.17, 15) is 0 Å². The molecule has 1 fully saturated rings. The molecule has 0 aromatic heterocycles. The fourth-order valence-electron chi connectivity index (χ4n) is 1.38. The Balaban J connectivity index is 2.00. The van der Waals surface area contributed by atoms with Gasteiger partial charge in [0.05, 0.1) is 16.1 Å². The van der Waals surface area contributed by atoms with E-state index >= 15 is 0 Å². The molecule has 2 nitrogen and oxygen atoms in total. The zero-order valence-electron chi connectivity index (χ0n) is 7.41. The maximum atomic E-state index is 9.07. The lowest BCUT2D eigenvalue weighted by Gasteiger charge is -2.31. The lowest BCUT2D eigenvalue weighted by Crippen LogP contribution is -2.37. The van der Waals surface area contributed by atoms with Crippen molar-refractivity contribution in [3.05, 3.63) is 28.2 Å². The van der Waals surface area contributed by atoms with Gasteiger partial charge in [0.1, 0.15) is 11.9 Å². The van der Waals surface area contributed by atoms with Crippen LogP contribution >= 0.6 is 23.2 Å². The molecule has 0 aliphatic heterocycles. The Morgan fingerprint density at radius 1 is 1.21 bits per heavy atom. The number of ether oxygens (including phenoxy) is 1. The molecule has 4 heteroatoms. The monoisotopic (exact) mass is 232 g/mol. The van der Waals surface area contributed by atoms with Gasteiger partial charge in [0.15, 0.2) is 0 Å². The van der Waals surface area contributed by atoms with Gasteiger partial charge in [-0.3, -0.25) is 0 Å². The molecule has 0 radical (unpaired) electrons. The second-order valence-electron chi connectivity index (χ2n) is 3.44. The summed E-state index contributed by atoms with van der Waals surface area (Å²) in [6, 6.07) is 5.17. The molecule has 2 rings (SSSR count). The van der Waals surface area contributed by atoms with Crippen molar-refractivity contribution >= 4 is 23.2 Å². The Morgan fingerprint density at radius 3 is 2.50 bits per heavy atom. The van der Waals surface area contributed by atoms with E-state index in [1.807, 2.05) is 0 Å². The highest BCUT2D eigenvalue weighted by Gasteiger charge is 2.28. The van der Waals surface area contributed by atoms with Crippen LogP contribution in [-0.4, -0.2) is 17.3 Å². The van der Waals surface area contributed by atoms with E-state index in [-0.39, 0.29) is 12.2 Å². The van der Waals surface area contributed by atoms with Crippen LogP contribution in [0.5, 0.6) is 5.75 Å². The highest BCUT2D eigenvalue weighted by molar-refractivity contribution is 6.42. The van der Waals surface area contributed by atoms with Crippen molar-refractivity contribution in [1.82, 2.24) is 0 Å². The van der Waals surface area contributed by atoms with Gasteiger partial charge in [-0.05, 0) is 12.1 Å². The number of hydrogen-bond donors (Lipinski definition) is 1. The quantitative estimate of drug-likeness (QED) is 0.850. The highest BCUT2D eigenvalue weighted by atomic mass is 35.5. The van der Waals surface area contributed by atoms with Gasteiger partial charge in [0.2, 0.25) is 0 Å². The molecule has 76 valence electrons. The molecule has 0 amide bonds. The van der Waals surface area contributed by atoms with Crippen LogP contribution in [0.2, 0.25) is 10.0 Å². The van der Waals surface area contributed by atoms with Crippen LogP contribution < -0.4 is 4.74 Å². The molecule has 1 N–H and O–H groups in total. The molecule has 1 saturated carbocycles. The molecule has 1 aromatic rings. The molecule has 0 unspecified atom stereocenters. The van der Waals surface area contributed by atoms with Gasteiger partial charge >= 0.3 is 0 Å². The van der Waals surface area contributed by atoms with Gasteiger partial charge < -0.3 is 9.84 Å². The van der Waals surface area contributed by atoms with Gasteiger partial charge in [0.25, 0.3) is 0 Å². The average Bonchev–Trinajstić information content (AvgIpc) is 2.09. The van der Waals surface area contributed by atoms with Crippen LogP contribution in [0.1, 0.15) is 12.8 Å². The van der Waals surface area contributed by atoms with Crippen molar-refractivity contribution in [3.63, 3.8) is 0 Å². The fraction of sp³-hybridized carbons (Fsp3) is 0.400. The maximum absolute atomic E-state index is 9.07. The van der Waals surface area contributed by atoms with Crippen molar-refractivity contribution in [3.8, 4) is 5.75 Å². The van der Waals surface area contributed by atoms with Crippen LogP contribution in [0.4, 0.5) is 0 Å². The van der Waals surface area contributed by atoms with E-state index in [2.05, 4.69) is 0 Å². The predicted molar refractivity (Wildman–Crippen MR) is 56.1 cm³/mol. The first kappa shape index (κ1) is 10.1. The molecule has 14 heavy (non-hydrogen) atoms. The number of aliphatic hydroxyl groups excluding tert-OH is 1. The SMILES string of the molecule is OC1CC(Oc2ccc(Cl)c(Cl)c2)C1. The lowest BCUT2D eigenvalue weighted by molar-refractivity contribution is -0.0107. The summed E-state index contributed by atoms with van der Waals surface area (Å²) in [5.74, 6) is 0.705. The second kappa shape index (κ2) is 3.97. The van der Waals surface area contributed by atoms with E-state index in [0.29, 0.717) is 28.6 Å². The lowest BCUT2D eigenvalue weighted by atomic mass is 9.92. The smallest absolute Gasteiger partial charge is 0.121 e. The van der Waals surface area contributed by atoms with Crippen LogP contribution in [0, 0.1) is 0 Å². The standard InChI is InChI=1S/C10H10Cl2O2/c11-9-2-1-7(5-10(9)12)14-8-3-6(13)4-8/h1-2,5-6,8,13H,3-4H2. The summed E-state index contributed by atoms with van der Waals surface area (Å²) >= 11 is 11.6. The summed E-state index contributed by atoms with van der Waals surface area (Å²) < 4.78 is 5.55. The van der Waals surface area contributed by atoms with E-state index in [1.165, 1.54) is 0 Å². The summed E-state index contributed by atoms with van der Waals surface area (Å²) in [6.45, 7) is 0. The van der Waals surface area contributed by atoms with E-state index in [0.717, 1.165) is 0 Å². The third-order valence-corrected chi connectivity index (χ3v) is 3.00. The highest BCUT2D eigenvalue weighted by Crippen LogP contribution is 2.30. The number of rotatable bonds is 2. The first-order chi connectivity index (χ1) is 6.65. The molecule has 0 atom stereocenters. The average molecular weight is 233 g/mol. The minimum Gasteiger partial charge on any atom is -0.490 e. The molecular weight excluding hydrogens is 223 g/mol. The van der Waals surface area contributed by atoms with Crippen LogP contribution in [0.3, 0.4) is 0 Å². The predicted octanol–water partition coefficient (Wildman–Crippen LogP) is 2.90. The van der Waals surface area contributed by atoms with Crippen LogP contribution in [0.15, 0.2) is 18.2 Å². The van der Waals surface area contributed by atoms with Crippen molar-refractivity contribution in [2.45, 2.75) is 25.0 Å². The summed E-state index contributed by atoms with van der Waals surface area (Å²) in [5.41, 5.74) is 0. The minimum absolute atomic E-state index is 0.113. The van der Waals surface area contributed by atoms with Gasteiger partial charge in [0, 0.05) is 18.9 Å². The first-order valence-electron chi connectivity index (χ1n) is 4.45. The van der Waals surface area contributed by atoms with E-state index in [4.69, 9.17) is 33.0 Å². The van der Waals surface area contributed by atoms with Gasteiger partial charge in [-0.25, -0.2) is 0 Å². The van der Waals surface area contributed by atoms with Crippen LogP contribution in [-0.2, 0) is 0 Å². The minimum atomic E-state index is -0.206. The Morgan fingerprint density at radius 2 is 1.93 bits per heavy atom. The third kappa shape index (κ3) is 2.14. The normalized spacial score (nSPS) is 25.6. The summed E-state index contributed by atoms with van der Waals surface area (Å²) in [4.78, 5) is 0. The van der Waals surface area contributed by atoms with Crippen LogP contribution in [0.25, 0.3) is 0 Å². The molecule has 0 spiro atoms. The molecule has 1 aromatic carbocycles. The number of hydrogen-bond acceptors (Lipinski definition) is 2. The van der Waals surface area contributed by atoms with Gasteiger partial charge in [-0.1, -0.05) is 23.2 Å². The van der Waals surface area contributed by atoms with Crippen molar-refractivity contribution in [1.29, 1.82) is 0 Å². The summed E-state index contributed by atoms with van der Waals surface area (Å²) in [7, 11) is 0. The zero-order valence-corrected chi connectivity index (χ0v) is 8.92. The summed E-state index contributed by atoms with van der Waals surface area (Å²) in [6.07, 6.45) is 1.30. The molecule has 0 saturated heterocycles. The molecule has 1 aliphatic carbocycles. The molecule has 0 heterocycles. The van der Waals surface area contributed by atoms with Gasteiger partial charge in [-0.2, -0.15) is 0 Å². The second-order valence-corrected chi connectivity index (χ2v) is 4.26. The Labute approximate surface area is 92.4 Å². The van der Waals surface area contributed by atoms with Gasteiger partial charge in [-0.15, -0.1) is 0 Å². The topological polar surface area (TPSA) is 29.5 Å². The zero-order chi connectivity index (χ0) is 10.1. The molecular formula is C10H10Cl2O2. The molecule has 1 aliphatic rings. The number of aliphatic hydroxyl groups is 1.